The van der Waals surface area contributed by atoms with E-state index in [4.69, 9.17) is 4.74 Å². The summed E-state index contributed by atoms with van der Waals surface area (Å²) in [4.78, 5) is 2.81. The van der Waals surface area contributed by atoms with Gasteiger partial charge >= 0.3 is 0 Å². The molecule has 1 aliphatic heterocycles. The molecule has 3 rings (SSSR count). The van der Waals surface area contributed by atoms with Crippen LogP contribution in [0, 0.1) is 5.92 Å². The van der Waals surface area contributed by atoms with Gasteiger partial charge in [-0.15, -0.1) is 0 Å². The molecule has 0 aromatic carbocycles. The van der Waals surface area contributed by atoms with Crippen LogP contribution in [0.25, 0.3) is 0 Å². The minimum atomic E-state index is 0.559. The number of nitrogens with one attached hydrogen (secondary N) is 1. The molecule has 0 amide bonds. The van der Waals surface area contributed by atoms with Gasteiger partial charge < -0.3 is 10.1 Å². The standard InChI is InChI=1S/C15H28N2O/c1-2-8-16-11-12-6-7-13(12)17-9-10-18-15-5-3-4-14(15)17/h12-16H,2-11H2,1H3. The van der Waals surface area contributed by atoms with E-state index >= 15 is 0 Å². The van der Waals surface area contributed by atoms with Crippen LogP contribution in [0.5, 0.6) is 0 Å². The van der Waals surface area contributed by atoms with Crippen LogP contribution in [0.2, 0.25) is 0 Å². The molecular formula is C15H28N2O. The zero-order valence-electron chi connectivity index (χ0n) is 11.7. The predicted molar refractivity (Wildman–Crippen MR) is 73.8 cm³/mol. The third-order valence-corrected chi connectivity index (χ3v) is 5.16. The summed E-state index contributed by atoms with van der Waals surface area (Å²) < 4.78 is 5.93. The number of fused-ring (bicyclic) bond motifs is 1. The highest BCUT2D eigenvalue weighted by Gasteiger charge is 2.44. The fourth-order valence-corrected chi connectivity index (χ4v) is 4.06. The summed E-state index contributed by atoms with van der Waals surface area (Å²) in [6, 6.07) is 1.60. The highest BCUT2D eigenvalue weighted by molar-refractivity contribution is 4.98. The summed E-state index contributed by atoms with van der Waals surface area (Å²) in [5.41, 5.74) is 0. The van der Waals surface area contributed by atoms with Crippen molar-refractivity contribution in [1.82, 2.24) is 10.2 Å². The highest BCUT2D eigenvalue weighted by atomic mass is 16.5. The maximum Gasteiger partial charge on any atom is 0.0731 e. The third-order valence-electron chi connectivity index (χ3n) is 5.16. The second-order valence-corrected chi connectivity index (χ2v) is 6.25. The van der Waals surface area contributed by atoms with E-state index in [1.807, 2.05) is 0 Å². The Balaban J connectivity index is 1.53. The van der Waals surface area contributed by atoms with Crippen molar-refractivity contribution in [2.75, 3.05) is 26.2 Å². The van der Waals surface area contributed by atoms with Crippen molar-refractivity contribution in [1.29, 1.82) is 0 Å². The summed E-state index contributed by atoms with van der Waals surface area (Å²) in [5.74, 6) is 0.899. The Labute approximate surface area is 111 Å². The number of nitrogens with zero attached hydrogens (tertiary/aromatic N) is 1. The monoisotopic (exact) mass is 252 g/mol. The molecule has 3 aliphatic rings. The predicted octanol–water partition coefficient (Wildman–Crippen LogP) is 2.02. The summed E-state index contributed by atoms with van der Waals surface area (Å²) >= 11 is 0. The largest absolute Gasteiger partial charge is 0.375 e. The fourth-order valence-electron chi connectivity index (χ4n) is 4.06. The number of rotatable bonds is 5. The summed E-state index contributed by atoms with van der Waals surface area (Å²) in [5, 5.41) is 3.61. The van der Waals surface area contributed by atoms with E-state index in [9.17, 15) is 0 Å². The molecular weight excluding hydrogens is 224 g/mol. The molecule has 3 nitrogen and oxygen atoms in total. The van der Waals surface area contributed by atoms with Crippen molar-refractivity contribution < 1.29 is 4.74 Å². The van der Waals surface area contributed by atoms with Crippen LogP contribution < -0.4 is 5.32 Å². The average Bonchev–Trinajstić information content (AvgIpc) is 2.82. The van der Waals surface area contributed by atoms with Gasteiger partial charge in [-0.1, -0.05) is 6.92 Å². The van der Waals surface area contributed by atoms with Crippen LogP contribution in [-0.4, -0.2) is 49.3 Å². The van der Waals surface area contributed by atoms with Gasteiger partial charge in [-0.3, -0.25) is 4.90 Å². The first-order chi connectivity index (χ1) is 8.90. The quantitative estimate of drug-likeness (QED) is 0.758. The molecule has 0 spiro atoms. The maximum atomic E-state index is 5.93. The number of hydrogen-bond acceptors (Lipinski definition) is 3. The van der Waals surface area contributed by atoms with E-state index < -0.39 is 0 Å². The van der Waals surface area contributed by atoms with E-state index in [1.165, 1.54) is 58.2 Å². The molecule has 104 valence electrons. The Kier molecular flexibility index (Phi) is 4.22. The van der Waals surface area contributed by atoms with Gasteiger partial charge in [0.25, 0.3) is 0 Å². The topological polar surface area (TPSA) is 24.5 Å². The fraction of sp³-hybridized carbons (Fsp3) is 1.00. The van der Waals surface area contributed by atoms with E-state index in [0.29, 0.717) is 6.10 Å². The summed E-state index contributed by atoms with van der Waals surface area (Å²) in [7, 11) is 0. The molecule has 4 unspecified atom stereocenters. The number of morpholine rings is 1. The normalized spacial score (nSPS) is 40.5. The van der Waals surface area contributed by atoms with Crippen molar-refractivity contribution in [3.63, 3.8) is 0 Å². The van der Waals surface area contributed by atoms with E-state index in [2.05, 4.69) is 17.1 Å². The SMILES string of the molecule is CCCNCC1CCC1N1CCOC2CCCC21. The third kappa shape index (κ3) is 2.45. The molecule has 0 bridgehead atoms. The van der Waals surface area contributed by atoms with Crippen LogP contribution >= 0.6 is 0 Å². The second-order valence-electron chi connectivity index (χ2n) is 6.25. The van der Waals surface area contributed by atoms with Crippen molar-refractivity contribution >= 4 is 0 Å². The maximum absolute atomic E-state index is 5.93. The lowest BCUT2D eigenvalue weighted by Crippen LogP contribution is -2.59. The Morgan fingerprint density at radius 2 is 2.11 bits per heavy atom. The molecule has 18 heavy (non-hydrogen) atoms. The smallest absolute Gasteiger partial charge is 0.0731 e. The first kappa shape index (κ1) is 12.9. The minimum Gasteiger partial charge on any atom is -0.375 e. The molecule has 0 radical (unpaired) electrons. The van der Waals surface area contributed by atoms with Crippen molar-refractivity contribution in [3.8, 4) is 0 Å². The second kappa shape index (κ2) is 5.89. The van der Waals surface area contributed by atoms with Crippen LogP contribution in [-0.2, 0) is 4.74 Å². The van der Waals surface area contributed by atoms with Gasteiger partial charge in [-0.05, 0) is 57.5 Å². The van der Waals surface area contributed by atoms with Crippen LogP contribution in [0.1, 0.15) is 45.4 Å². The minimum absolute atomic E-state index is 0.559. The lowest BCUT2D eigenvalue weighted by molar-refractivity contribution is -0.0972. The summed E-state index contributed by atoms with van der Waals surface area (Å²) in [6.07, 6.45) is 8.70. The van der Waals surface area contributed by atoms with Crippen molar-refractivity contribution in [2.24, 2.45) is 5.92 Å². The van der Waals surface area contributed by atoms with E-state index in [-0.39, 0.29) is 0 Å². The van der Waals surface area contributed by atoms with E-state index in [0.717, 1.165) is 24.6 Å². The van der Waals surface area contributed by atoms with Gasteiger partial charge in [0.05, 0.1) is 12.7 Å². The molecule has 3 fully saturated rings. The first-order valence-corrected chi connectivity index (χ1v) is 7.98. The van der Waals surface area contributed by atoms with Crippen molar-refractivity contribution in [3.05, 3.63) is 0 Å². The molecule has 3 heteroatoms. The molecule has 1 heterocycles. The van der Waals surface area contributed by atoms with Crippen molar-refractivity contribution in [2.45, 2.75) is 63.6 Å². The highest BCUT2D eigenvalue weighted by Crippen LogP contribution is 2.38. The van der Waals surface area contributed by atoms with Gasteiger partial charge in [-0.2, -0.15) is 0 Å². The van der Waals surface area contributed by atoms with Crippen LogP contribution in [0.15, 0.2) is 0 Å². The Morgan fingerprint density at radius 3 is 2.89 bits per heavy atom. The molecule has 4 atom stereocenters. The average molecular weight is 252 g/mol. The van der Waals surface area contributed by atoms with Gasteiger partial charge in [0, 0.05) is 18.6 Å². The lowest BCUT2D eigenvalue weighted by Gasteiger charge is -2.50. The number of ether oxygens (including phenoxy) is 1. The molecule has 2 saturated carbocycles. The summed E-state index contributed by atoms with van der Waals surface area (Å²) in [6.45, 7) is 6.80. The van der Waals surface area contributed by atoms with Gasteiger partial charge in [0.2, 0.25) is 0 Å². The zero-order valence-corrected chi connectivity index (χ0v) is 11.7. The van der Waals surface area contributed by atoms with E-state index in [1.54, 1.807) is 0 Å². The van der Waals surface area contributed by atoms with Gasteiger partial charge in [0.15, 0.2) is 0 Å². The number of hydrogen-bond donors (Lipinski definition) is 1. The van der Waals surface area contributed by atoms with Crippen LogP contribution in [0.3, 0.4) is 0 Å². The first-order valence-electron chi connectivity index (χ1n) is 7.98. The Morgan fingerprint density at radius 1 is 1.17 bits per heavy atom. The molecule has 0 aromatic rings. The lowest BCUT2D eigenvalue weighted by atomic mass is 9.77. The Bertz CT molecular complexity index is 271. The molecule has 1 N–H and O–H groups in total. The molecule has 1 saturated heterocycles. The molecule has 2 aliphatic carbocycles. The van der Waals surface area contributed by atoms with Gasteiger partial charge in [0.1, 0.15) is 0 Å². The van der Waals surface area contributed by atoms with Crippen LogP contribution in [0.4, 0.5) is 0 Å². The zero-order chi connectivity index (χ0) is 12.4. The molecule has 0 aromatic heterocycles. The Hall–Kier alpha value is -0.120. The van der Waals surface area contributed by atoms with Gasteiger partial charge in [-0.25, -0.2) is 0 Å².